The van der Waals surface area contributed by atoms with Gasteiger partial charge in [-0.1, -0.05) is 17.7 Å². The fourth-order valence-corrected chi connectivity index (χ4v) is 2.05. The smallest absolute Gasteiger partial charge is 0.120 e. The Morgan fingerprint density at radius 3 is 2.88 bits per heavy atom. The van der Waals surface area contributed by atoms with E-state index in [2.05, 4.69) is 4.98 Å². The molecule has 0 saturated carbocycles. The first kappa shape index (κ1) is 11.9. The first-order valence-electron chi connectivity index (χ1n) is 5.45. The zero-order valence-electron chi connectivity index (χ0n) is 9.56. The van der Waals surface area contributed by atoms with Crippen molar-refractivity contribution in [2.24, 2.45) is 0 Å². The van der Waals surface area contributed by atoms with E-state index in [0.29, 0.717) is 11.4 Å². The van der Waals surface area contributed by atoms with Crippen LogP contribution in [-0.2, 0) is 11.2 Å². The number of aromatic nitrogens is 2. The molecule has 1 aromatic carbocycles. The van der Waals surface area contributed by atoms with E-state index in [0.717, 1.165) is 29.8 Å². The van der Waals surface area contributed by atoms with Crippen molar-refractivity contribution >= 4 is 17.9 Å². The number of rotatable bonds is 4. The SMILES string of the molecule is Cc1nccn1-c1ccc(CCC=O)cc1Cl. The molecule has 0 saturated heterocycles. The van der Waals surface area contributed by atoms with Crippen molar-refractivity contribution < 1.29 is 4.79 Å². The molecule has 0 aliphatic carbocycles. The van der Waals surface area contributed by atoms with Gasteiger partial charge in [-0.25, -0.2) is 4.98 Å². The Labute approximate surface area is 105 Å². The van der Waals surface area contributed by atoms with E-state index in [1.807, 2.05) is 35.9 Å². The molecule has 0 radical (unpaired) electrons. The number of benzene rings is 1. The van der Waals surface area contributed by atoms with Crippen LogP contribution < -0.4 is 0 Å². The van der Waals surface area contributed by atoms with Gasteiger partial charge in [0.15, 0.2) is 0 Å². The molecule has 0 N–H and O–H groups in total. The summed E-state index contributed by atoms with van der Waals surface area (Å²) in [6.07, 6.45) is 5.79. The highest BCUT2D eigenvalue weighted by atomic mass is 35.5. The number of imidazole rings is 1. The highest BCUT2D eigenvalue weighted by Crippen LogP contribution is 2.23. The summed E-state index contributed by atoms with van der Waals surface area (Å²) in [7, 11) is 0. The van der Waals surface area contributed by atoms with Crippen molar-refractivity contribution in [2.45, 2.75) is 19.8 Å². The van der Waals surface area contributed by atoms with Gasteiger partial charge in [-0.15, -0.1) is 0 Å². The predicted molar refractivity (Wildman–Crippen MR) is 67.7 cm³/mol. The molecule has 0 atom stereocenters. The molecule has 0 fully saturated rings. The standard InChI is InChI=1S/C13H13ClN2O/c1-10-15-6-7-16(10)13-5-4-11(3-2-8-17)9-12(13)14/h4-9H,2-3H2,1H3. The molecule has 3 nitrogen and oxygen atoms in total. The van der Waals surface area contributed by atoms with Gasteiger partial charge in [0.25, 0.3) is 0 Å². The largest absolute Gasteiger partial charge is 0.303 e. The number of hydrogen-bond acceptors (Lipinski definition) is 2. The van der Waals surface area contributed by atoms with Crippen LogP contribution in [0.15, 0.2) is 30.6 Å². The summed E-state index contributed by atoms with van der Waals surface area (Å²) in [6, 6.07) is 5.85. The minimum atomic E-state index is 0.528. The monoisotopic (exact) mass is 248 g/mol. The number of aldehydes is 1. The quantitative estimate of drug-likeness (QED) is 0.780. The molecule has 1 heterocycles. The Kier molecular flexibility index (Phi) is 3.59. The number of aryl methyl sites for hydroxylation is 2. The van der Waals surface area contributed by atoms with E-state index in [1.54, 1.807) is 6.20 Å². The third kappa shape index (κ3) is 2.56. The van der Waals surface area contributed by atoms with Gasteiger partial charge in [0, 0.05) is 18.8 Å². The topological polar surface area (TPSA) is 34.9 Å². The number of carbonyl (C=O) groups excluding carboxylic acids is 1. The Bertz CT molecular complexity index is 534. The van der Waals surface area contributed by atoms with Crippen molar-refractivity contribution in [1.82, 2.24) is 9.55 Å². The maximum atomic E-state index is 10.3. The molecular weight excluding hydrogens is 236 g/mol. The number of halogens is 1. The van der Waals surface area contributed by atoms with Crippen molar-refractivity contribution in [1.29, 1.82) is 0 Å². The van der Waals surface area contributed by atoms with E-state index in [-0.39, 0.29) is 0 Å². The molecule has 2 aromatic rings. The summed E-state index contributed by atoms with van der Waals surface area (Å²) in [6.45, 7) is 1.93. The van der Waals surface area contributed by atoms with Crippen LogP contribution in [-0.4, -0.2) is 15.8 Å². The third-order valence-electron chi connectivity index (χ3n) is 2.65. The van der Waals surface area contributed by atoms with Crippen LogP contribution in [0.3, 0.4) is 0 Å². The van der Waals surface area contributed by atoms with Crippen molar-refractivity contribution in [3.8, 4) is 5.69 Å². The van der Waals surface area contributed by atoms with Gasteiger partial charge in [0.05, 0.1) is 10.7 Å². The summed E-state index contributed by atoms with van der Waals surface area (Å²) in [4.78, 5) is 14.5. The van der Waals surface area contributed by atoms with E-state index in [4.69, 9.17) is 11.6 Å². The van der Waals surface area contributed by atoms with Gasteiger partial charge in [-0.3, -0.25) is 0 Å². The maximum absolute atomic E-state index is 10.3. The molecule has 0 spiro atoms. The molecule has 0 aliphatic rings. The van der Waals surface area contributed by atoms with E-state index in [1.165, 1.54) is 0 Å². The lowest BCUT2D eigenvalue weighted by Crippen LogP contribution is -1.97. The van der Waals surface area contributed by atoms with Crippen LogP contribution in [0.5, 0.6) is 0 Å². The zero-order valence-corrected chi connectivity index (χ0v) is 10.3. The molecule has 0 aliphatic heterocycles. The summed E-state index contributed by atoms with van der Waals surface area (Å²) in [5, 5.41) is 0.675. The third-order valence-corrected chi connectivity index (χ3v) is 2.95. The molecule has 0 amide bonds. The lowest BCUT2D eigenvalue weighted by Gasteiger charge is -2.09. The van der Waals surface area contributed by atoms with E-state index < -0.39 is 0 Å². The highest BCUT2D eigenvalue weighted by Gasteiger charge is 2.06. The first-order valence-corrected chi connectivity index (χ1v) is 5.82. The van der Waals surface area contributed by atoms with Gasteiger partial charge in [0.2, 0.25) is 0 Å². The maximum Gasteiger partial charge on any atom is 0.120 e. The van der Waals surface area contributed by atoms with E-state index >= 15 is 0 Å². The number of hydrogen-bond donors (Lipinski definition) is 0. The van der Waals surface area contributed by atoms with Crippen molar-refractivity contribution in [3.63, 3.8) is 0 Å². The van der Waals surface area contributed by atoms with E-state index in [9.17, 15) is 4.79 Å². The Hall–Kier alpha value is -1.61. The van der Waals surface area contributed by atoms with Crippen LogP contribution in [0.2, 0.25) is 5.02 Å². The van der Waals surface area contributed by atoms with Gasteiger partial charge in [0.1, 0.15) is 12.1 Å². The summed E-state index contributed by atoms with van der Waals surface area (Å²) in [5.41, 5.74) is 1.99. The number of carbonyl (C=O) groups is 1. The summed E-state index contributed by atoms with van der Waals surface area (Å²) < 4.78 is 1.94. The molecule has 1 aromatic heterocycles. The fraction of sp³-hybridized carbons (Fsp3) is 0.231. The lowest BCUT2D eigenvalue weighted by atomic mass is 10.1. The molecular formula is C13H13ClN2O. The van der Waals surface area contributed by atoms with Gasteiger partial charge >= 0.3 is 0 Å². The number of nitrogens with zero attached hydrogens (tertiary/aromatic N) is 2. The average molecular weight is 249 g/mol. The predicted octanol–water partition coefficient (Wildman–Crippen LogP) is 2.97. The van der Waals surface area contributed by atoms with Crippen LogP contribution in [0.1, 0.15) is 17.8 Å². The minimum Gasteiger partial charge on any atom is -0.303 e. The zero-order chi connectivity index (χ0) is 12.3. The first-order chi connectivity index (χ1) is 8.22. The summed E-state index contributed by atoms with van der Waals surface area (Å²) in [5.74, 6) is 0.896. The molecule has 0 unspecified atom stereocenters. The van der Waals surface area contributed by atoms with Crippen LogP contribution in [0, 0.1) is 6.92 Å². The minimum absolute atomic E-state index is 0.528. The molecule has 17 heavy (non-hydrogen) atoms. The van der Waals surface area contributed by atoms with Crippen LogP contribution in [0.4, 0.5) is 0 Å². The normalized spacial score (nSPS) is 10.5. The van der Waals surface area contributed by atoms with Gasteiger partial charge < -0.3 is 9.36 Å². The molecule has 88 valence electrons. The second-order valence-electron chi connectivity index (χ2n) is 3.84. The Balaban J connectivity index is 2.32. The second-order valence-corrected chi connectivity index (χ2v) is 4.24. The van der Waals surface area contributed by atoms with Gasteiger partial charge in [-0.2, -0.15) is 0 Å². The Morgan fingerprint density at radius 1 is 1.47 bits per heavy atom. The molecule has 0 bridgehead atoms. The average Bonchev–Trinajstić information content (AvgIpc) is 2.73. The van der Waals surface area contributed by atoms with Gasteiger partial charge in [-0.05, 0) is 31.0 Å². The van der Waals surface area contributed by atoms with Crippen molar-refractivity contribution in [2.75, 3.05) is 0 Å². The highest BCUT2D eigenvalue weighted by molar-refractivity contribution is 6.32. The summed E-state index contributed by atoms with van der Waals surface area (Å²) >= 11 is 6.23. The van der Waals surface area contributed by atoms with Crippen molar-refractivity contribution in [3.05, 3.63) is 47.0 Å². The lowest BCUT2D eigenvalue weighted by molar-refractivity contribution is -0.107. The fourth-order valence-electron chi connectivity index (χ4n) is 1.76. The Morgan fingerprint density at radius 2 is 2.29 bits per heavy atom. The molecule has 4 heteroatoms. The molecule has 2 rings (SSSR count). The van der Waals surface area contributed by atoms with Crippen LogP contribution >= 0.6 is 11.6 Å². The van der Waals surface area contributed by atoms with Crippen LogP contribution in [0.25, 0.3) is 5.69 Å². The second kappa shape index (κ2) is 5.15.